The number of nitrogens with zero attached hydrogens (tertiary/aromatic N) is 2. The number of unbranched alkanes of at least 4 members (excludes halogenated alkanes) is 1. The zero-order valence-corrected chi connectivity index (χ0v) is 11.6. The quantitative estimate of drug-likeness (QED) is 0.680. The van der Waals surface area contributed by atoms with E-state index in [-0.39, 0.29) is 0 Å². The summed E-state index contributed by atoms with van der Waals surface area (Å²) in [7, 11) is 0. The Kier molecular flexibility index (Phi) is 5.26. The normalized spacial score (nSPS) is 23.5. The number of rotatable bonds is 7. The first-order valence-electron chi connectivity index (χ1n) is 7.45. The molecule has 1 N–H and O–H groups in total. The highest BCUT2D eigenvalue weighted by Gasteiger charge is 2.20. The Balaban J connectivity index is 1.46. The van der Waals surface area contributed by atoms with Gasteiger partial charge in [0.15, 0.2) is 0 Å². The third-order valence-corrected chi connectivity index (χ3v) is 4.05. The van der Waals surface area contributed by atoms with Gasteiger partial charge in [0.05, 0.1) is 0 Å². The Bertz CT molecular complexity index is 206. The monoisotopic (exact) mass is 239 g/mol. The van der Waals surface area contributed by atoms with Crippen molar-refractivity contribution in [3.8, 4) is 0 Å². The van der Waals surface area contributed by atoms with Gasteiger partial charge in [0.1, 0.15) is 0 Å². The molecular formula is C14H29N3. The summed E-state index contributed by atoms with van der Waals surface area (Å²) in [6.45, 7) is 12.2. The summed E-state index contributed by atoms with van der Waals surface area (Å²) in [5.41, 5.74) is 0. The first kappa shape index (κ1) is 13.3. The molecule has 0 radical (unpaired) electrons. The fourth-order valence-corrected chi connectivity index (χ4v) is 2.56. The van der Waals surface area contributed by atoms with Gasteiger partial charge in [-0.1, -0.05) is 0 Å². The van der Waals surface area contributed by atoms with E-state index in [1.165, 1.54) is 65.0 Å². The molecule has 1 aliphatic heterocycles. The molecule has 0 aromatic heterocycles. The van der Waals surface area contributed by atoms with Gasteiger partial charge in [-0.25, -0.2) is 0 Å². The number of hydrogen-bond donors (Lipinski definition) is 1. The lowest BCUT2D eigenvalue weighted by Gasteiger charge is -2.36. The summed E-state index contributed by atoms with van der Waals surface area (Å²) in [6.07, 6.45) is 5.54. The van der Waals surface area contributed by atoms with E-state index in [2.05, 4.69) is 29.0 Å². The molecular weight excluding hydrogens is 210 g/mol. The van der Waals surface area contributed by atoms with Crippen molar-refractivity contribution in [3.05, 3.63) is 0 Å². The zero-order chi connectivity index (χ0) is 12.1. The standard InChI is InChI=1S/C14H29N3/c1-13(2)17-11-9-16(10-12-17)8-4-3-7-15-14-5-6-14/h13-15H,3-12H2,1-2H3. The molecule has 0 amide bonds. The molecule has 2 fully saturated rings. The molecule has 1 saturated carbocycles. The largest absolute Gasteiger partial charge is 0.314 e. The topological polar surface area (TPSA) is 18.5 Å². The number of nitrogens with one attached hydrogen (secondary N) is 1. The molecule has 1 saturated heterocycles. The maximum atomic E-state index is 3.59. The predicted octanol–water partition coefficient (Wildman–Crippen LogP) is 1.54. The molecule has 2 aliphatic rings. The molecule has 100 valence electrons. The van der Waals surface area contributed by atoms with E-state index < -0.39 is 0 Å². The second-order valence-electron chi connectivity index (χ2n) is 5.91. The van der Waals surface area contributed by atoms with Crippen molar-refractivity contribution in [3.63, 3.8) is 0 Å². The van der Waals surface area contributed by atoms with E-state index in [0.29, 0.717) is 0 Å². The molecule has 1 aliphatic carbocycles. The van der Waals surface area contributed by atoms with Gasteiger partial charge in [-0.3, -0.25) is 4.90 Å². The van der Waals surface area contributed by atoms with Crippen LogP contribution in [0.1, 0.15) is 39.5 Å². The highest BCUT2D eigenvalue weighted by atomic mass is 15.3. The van der Waals surface area contributed by atoms with Crippen LogP contribution < -0.4 is 5.32 Å². The zero-order valence-electron chi connectivity index (χ0n) is 11.6. The van der Waals surface area contributed by atoms with E-state index in [9.17, 15) is 0 Å². The highest BCUT2D eigenvalue weighted by molar-refractivity contribution is 4.80. The van der Waals surface area contributed by atoms with Gasteiger partial charge in [-0.15, -0.1) is 0 Å². The Labute approximate surface area is 107 Å². The van der Waals surface area contributed by atoms with Crippen LogP contribution in [0.2, 0.25) is 0 Å². The van der Waals surface area contributed by atoms with Crippen LogP contribution in [0.15, 0.2) is 0 Å². The molecule has 0 atom stereocenters. The van der Waals surface area contributed by atoms with Gasteiger partial charge in [0, 0.05) is 38.3 Å². The van der Waals surface area contributed by atoms with Gasteiger partial charge in [-0.05, 0) is 52.6 Å². The number of hydrogen-bond acceptors (Lipinski definition) is 3. The van der Waals surface area contributed by atoms with Crippen LogP contribution in [0.25, 0.3) is 0 Å². The van der Waals surface area contributed by atoms with E-state index in [1.54, 1.807) is 0 Å². The Morgan fingerprint density at radius 3 is 2.35 bits per heavy atom. The average molecular weight is 239 g/mol. The van der Waals surface area contributed by atoms with Crippen LogP contribution >= 0.6 is 0 Å². The predicted molar refractivity (Wildman–Crippen MR) is 73.4 cm³/mol. The third kappa shape index (κ3) is 4.94. The van der Waals surface area contributed by atoms with Gasteiger partial charge >= 0.3 is 0 Å². The molecule has 1 heterocycles. The van der Waals surface area contributed by atoms with Crippen molar-refractivity contribution in [2.45, 2.75) is 51.6 Å². The summed E-state index contributed by atoms with van der Waals surface area (Å²) in [4.78, 5) is 5.22. The third-order valence-electron chi connectivity index (χ3n) is 4.05. The Morgan fingerprint density at radius 2 is 1.76 bits per heavy atom. The Hall–Kier alpha value is -0.120. The van der Waals surface area contributed by atoms with E-state index in [0.717, 1.165) is 12.1 Å². The fourth-order valence-electron chi connectivity index (χ4n) is 2.56. The van der Waals surface area contributed by atoms with Gasteiger partial charge in [0.25, 0.3) is 0 Å². The smallest absolute Gasteiger partial charge is 0.0113 e. The second kappa shape index (κ2) is 6.72. The molecule has 0 unspecified atom stereocenters. The lowest BCUT2D eigenvalue weighted by atomic mass is 10.2. The lowest BCUT2D eigenvalue weighted by Crippen LogP contribution is -2.48. The molecule has 2 rings (SSSR count). The molecule has 0 bridgehead atoms. The Morgan fingerprint density at radius 1 is 1.06 bits per heavy atom. The van der Waals surface area contributed by atoms with Gasteiger partial charge < -0.3 is 10.2 Å². The van der Waals surface area contributed by atoms with E-state index in [1.807, 2.05) is 0 Å². The number of piperazine rings is 1. The van der Waals surface area contributed by atoms with Crippen molar-refractivity contribution >= 4 is 0 Å². The van der Waals surface area contributed by atoms with Crippen molar-refractivity contribution < 1.29 is 0 Å². The van der Waals surface area contributed by atoms with Crippen molar-refractivity contribution in [1.29, 1.82) is 0 Å². The van der Waals surface area contributed by atoms with E-state index in [4.69, 9.17) is 0 Å². The van der Waals surface area contributed by atoms with E-state index >= 15 is 0 Å². The minimum atomic E-state index is 0.722. The molecule has 0 aromatic carbocycles. The second-order valence-corrected chi connectivity index (χ2v) is 5.91. The summed E-state index contributed by atoms with van der Waals surface area (Å²) in [6, 6.07) is 1.60. The molecule has 3 heteroatoms. The highest BCUT2D eigenvalue weighted by Crippen LogP contribution is 2.18. The molecule has 17 heavy (non-hydrogen) atoms. The molecule has 0 aromatic rings. The maximum Gasteiger partial charge on any atom is 0.0113 e. The van der Waals surface area contributed by atoms with Crippen molar-refractivity contribution in [2.75, 3.05) is 39.3 Å². The summed E-state index contributed by atoms with van der Waals surface area (Å²) in [5, 5.41) is 3.59. The van der Waals surface area contributed by atoms with Crippen molar-refractivity contribution in [1.82, 2.24) is 15.1 Å². The van der Waals surface area contributed by atoms with Crippen LogP contribution in [0.3, 0.4) is 0 Å². The van der Waals surface area contributed by atoms with Crippen LogP contribution in [0.5, 0.6) is 0 Å². The SMILES string of the molecule is CC(C)N1CCN(CCCCNC2CC2)CC1. The lowest BCUT2D eigenvalue weighted by molar-refractivity contribution is 0.107. The molecule has 3 nitrogen and oxygen atoms in total. The summed E-state index contributed by atoms with van der Waals surface area (Å²) in [5.74, 6) is 0. The van der Waals surface area contributed by atoms with Crippen LogP contribution in [-0.2, 0) is 0 Å². The summed E-state index contributed by atoms with van der Waals surface area (Å²) >= 11 is 0. The van der Waals surface area contributed by atoms with Gasteiger partial charge in [-0.2, -0.15) is 0 Å². The van der Waals surface area contributed by atoms with Crippen LogP contribution in [0, 0.1) is 0 Å². The minimum absolute atomic E-state index is 0.722. The van der Waals surface area contributed by atoms with Gasteiger partial charge in [0.2, 0.25) is 0 Å². The fraction of sp³-hybridized carbons (Fsp3) is 1.00. The van der Waals surface area contributed by atoms with Crippen LogP contribution in [0.4, 0.5) is 0 Å². The maximum absolute atomic E-state index is 3.59. The average Bonchev–Trinajstić information content (AvgIpc) is 3.13. The first-order chi connectivity index (χ1) is 8.25. The van der Waals surface area contributed by atoms with Crippen LogP contribution in [-0.4, -0.2) is 61.2 Å². The summed E-state index contributed by atoms with van der Waals surface area (Å²) < 4.78 is 0. The first-order valence-corrected chi connectivity index (χ1v) is 7.45. The van der Waals surface area contributed by atoms with Crippen molar-refractivity contribution in [2.24, 2.45) is 0 Å². The minimum Gasteiger partial charge on any atom is -0.314 e. The molecule has 0 spiro atoms.